The molecule has 0 aromatic heterocycles. The average Bonchev–Trinajstić information content (AvgIpc) is 2.15. The summed E-state index contributed by atoms with van der Waals surface area (Å²) in [5, 5.41) is 0. The smallest absolute Gasteiger partial charge is 0.0456 e. The molecule has 0 spiro atoms. The molecule has 1 aliphatic heterocycles. The highest BCUT2D eigenvalue weighted by Crippen LogP contribution is 2.00. The van der Waals surface area contributed by atoms with E-state index in [0.717, 1.165) is 39.1 Å². The van der Waals surface area contributed by atoms with Crippen LogP contribution < -0.4 is 5.73 Å². The first kappa shape index (κ1) is 9.71. The van der Waals surface area contributed by atoms with Gasteiger partial charge in [0, 0.05) is 39.4 Å². The Kier molecular flexibility index (Phi) is 4.29. The van der Waals surface area contributed by atoms with E-state index in [2.05, 4.69) is 16.4 Å². The molecule has 0 saturated carbocycles. The Morgan fingerprint density at radius 2 is 1.75 bits per heavy atom. The van der Waals surface area contributed by atoms with E-state index in [1.165, 1.54) is 0 Å². The van der Waals surface area contributed by atoms with Crippen LogP contribution in [0, 0.1) is 0 Å². The maximum Gasteiger partial charge on any atom is 0.0456 e. The molecule has 1 fully saturated rings. The monoisotopic (exact) mass is 169 g/mol. The SMILES string of the molecule is C=CCCN1CCN(CN)CC1. The molecule has 0 aromatic rings. The molecule has 0 radical (unpaired) electrons. The summed E-state index contributed by atoms with van der Waals surface area (Å²) in [5.74, 6) is 0. The zero-order valence-corrected chi connectivity index (χ0v) is 7.71. The van der Waals surface area contributed by atoms with Gasteiger partial charge >= 0.3 is 0 Å². The molecular formula is C9H19N3. The first-order valence-electron chi connectivity index (χ1n) is 4.62. The third kappa shape index (κ3) is 2.93. The largest absolute Gasteiger partial charge is 0.318 e. The van der Waals surface area contributed by atoms with Gasteiger partial charge in [-0.2, -0.15) is 0 Å². The lowest BCUT2D eigenvalue weighted by Crippen LogP contribution is -2.48. The van der Waals surface area contributed by atoms with Gasteiger partial charge < -0.3 is 10.6 Å². The molecular weight excluding hydrogens is 150 g/mol. The number of piperazine rings is 1. The Hall–Kier alpha value is -0.380. The molecule has 12 heavy (non-hydrogen) atoms. The van der Waals surface area contributed by atoms with Gasteiger partial charge in [-0.25, -0.2) is 0 Å². The standard InChI is InChI=1S/C9H19N3/c1-2-3-4-11-5-7-12(9-10)8-6-11/h2H,1,3-10H2. The van der Waals surface area contributed by atoms with Crippen LogP contribution in [0.5, 0.6) is 0 Å². The molecule has 0 aliphatic carbocycles. The summed E-state index contributed by atoms with van der Waals surface area (Å²) in [6.45, 7) is 10.1. The molecule has 0 atom stereocenters. The summed E-state index contributed by atoms with van der Waals surface area (Å²) >= 11 is 0. The van der Waals surface area contributed by atoms with E-state index in [4.69, 9.17) is 5.73 Å². The van der Waals surface area contributed by atoms with Crippen LogP contribution in [-0.2, 0) is 0 Å². The van der Waals surface area contributed by atoms with Crippen molar-refractivity contribution in [1.82, 2.24) is 9.80 Å². The van der Waals surface area contributed by atoms with Gasteiger partial charge in [-0.15, -0.1) is 6.58 Å². The van der Waals surface area contributed by atoms with Crippen molar-refractivity contribution in [3.05, 3.63) is 12.7 Å². The van der Waals surface area contributed by atoms with Crippen LogP contribution in [0.4, 0.5) is 0 Å². The molecule has 1 heterocycles. The number of nitrogens with two attached hydrogens (primary N) is 1. The average molecular weight is 169 g/mol. The van der Waals surface area contributed by atoms with Crippen LogP contribution >= 0.6 is 0 Å². The molecule has 0 amide bonds. The van der Waals surface area contributed by atoms with Crippen molar-refractivity contribution in [3.63, 3.8) is 0 Å². The van der Waals surface area contributed by atoms with Gasteiger partial charge in [0.05, 0.1) is 0 Å². The summed E-state index contributed by atoms with van der Waals surface area (Å²) < 4.78 is 0. The molecule has 3 heteroatoms. The van der Waals surface area contributed by atoms with E-state index < -0.39 is 0 Å². The van der Waals surface area contributed by atoms with Gasteiger partial charge in [0.25, 0.3) is 0 Å². The Morgan fingerprint density at radius 1 is 1.17 bits per heavy atom. The number of nitrogens with zero attached hydrogens (tertiary/aromatic N) is 2. The zero-order chi connectivity index (χ0) is 8.81. The highest BCUT2D eigenvalue weighted by molar-refractivity contribution is 4.74. The van der Waals surface area contributed by atoms with Gasteiger partial charge in [-0.1, -0.05) is 6.08 Å². The summed E-state index contributed by atoms with van der Waals surface area (Å²) in [4.78, 5) is 4.75. The topological polar surface area (TPSA) is 32.5 Å². The lowest BCUT2D eigenvalue weighted by atomic mass is 10.3. The van der Waals surface area contributed by atoms with Crippen molar-refractivity contribution in [2.45, 2.75) is 6.42 Å². The van der Waals surface area contributed by atoms with E-state index in [0.29, 0.717) is 6.67 Å². The van der Waals surface area contributed by atoms with Crippen LogP contribution in [0.2, 0.25) is 0 Å². The van der Waals surface area contributed by atoms with Crippen LogP contribution in [0.15, 0.2) is 12.7 Å². The highest BCUT2D eigenvalue weighted by Gasteiger charge is 2.13. The van der Waals surface area contributed by atoms with E-state index in [1.807, 2.05) is 6.08 Å². The highest BCUT2D eigenvalue weighted by atomic mass is 15.3. The number of hydrogen-bond acceptors (Lipinski definition) is 3. The second kappa shape index (κ2) is 5.30. The Bertz CT molecular complexity index is 128. The fraction of sp³-hybridized carbons (Fsp3) is 0.778. The first-order valence-corrected chi connectivity index (χ1v) is 4.62. The lowest BCUT2D eigenvalue weighted by molar-refractivity contribution is 0.136. The van der Waals surface area contributed by atoms with Gasteiger partial charge in [-0.3, -0.25) is 4.90 Å². The normalized spacial score (nSPS) is 21.1. The minimum Gasteiger partial charge on any atom is -0.318 e. The molecule has 1 aliphatic rings. The van der Waals surface area contributed by atoms with E-state index >= 15 is 0 Å². The van der Waals surface area contributed by atoms with Gasteiger partial charge in [0.2, 0.25) is 0 Å². The van der Waals surface area contributed by atoms with Gasteiger partial charge in [-0.05, 0) is 6.42 Å². The van der Waals surface area contributed by atoms with E-state index in [9.17, 15) is 0 Å². The molecule has 0 aromatic carbocycles. The maximum absolute atomic E-state index is 5.54. The Labute approximate surface area is 74.8 Å². The summed E-state index contributed by atoms with van der Waals surface area (Å²) in [6.07, 6.45) is 3.08. The predicted octanol–water partition coefficient (Wildman–Crippen LogP) is 0.0963. The van der Waals surface area contributed by atoms with Crippen LogP contribution in [0.3, 0.4) is 0 Å². The Morgan fingerprint density at radius 3 is 2.25 bits per heavy atom. The van der Waals surface area contributed by atoms with Crippen molar-refractivity contribution >= 4 is 0 Å². The fourth-order valence-electron chi connectivity index (χ4n) is 1.47. The molecule has 1 saturated heterocycles. The van der Waals surface area contributed by atoms with Crippen LogP contribution in [-0.4, -0.2) is 49.2 Å². The predicted molar refractivity (Wildman–Crippen MR) is 51.9 cm³/mol. The molecule has 2 N–H and O–H groups in total. The summed E-state index contributed by atoms with van der Waals surface area (Å²) in [6, 6.07) is 0. The van der Waals surface area contributed by atoms with Crippen molar-refractivity contribution < 1.29 is 0 Å². The van der Waals surface area contributed by atoms with Crippen molar-refractivity contribution in [2.24, 2.45) is 5.73 Å². The molecule has 0 unspecified atom stereocenters. The van der Waals surface area contributed by atoms with Crippen LogP contribution in [0.25, 0.3) is 0 Å². The molecule has 0 bridgehead atoms. The van der Waals surface area contributed by atoms with E-state index in [1.54, 1.807) is 0 Å². The maximum atomic E-state index is 5.54. The fourth-order valence-corrected chi connectivity index (χ4v) is 1.47. The molecule has 3 nitrogen and oxygen atoms in total. The minimum absolute atomic E-state index is 0.704. The molecule has 70 valence electrons. The second-order valence-corrected chi connectivity index (χ2v) is 3.22. The number of rotatable bonds is 4. The van der Waals surface area contributed by atoms with Crippen molar-refractivity contribution in [1.29, 1.82) is 0 Å². The Balaban J connectivity index is 2.12. The zero-order valence-electron chi connectivity index (χ0n) is 7.71. The quantitative estimate of drug-likeness (QED) is 0.606. The van der Waals surface area contributed by atoms with Gasteiger partial charge in [0.1, 0.15) is 0 Å². The summed E-state index contributed by atoms with van der Waals surface area (Å²) in [5.41, 5.74) is 5.54. The van der Waals surface area contributed by atoms with Gasteiger partial charge in [0.15, 0.2) is 0 Å². The first-order chi connectivity index (χ1) is 5.86. The van der Waals surface area contributed by atoms with Crippen molar-refractivity contribution in [2.75, 3.05) is 39.4 Å². The minimum atomic E-state index is 0.704. The second-order valence-electron chi connectivity index (χ2n) is 3.22. The third-order valence-electron chi connectivity index (χ3n) is 2.37. The third-order valence-corrected chi connectivity index (χ3v) is 2.37. The lowest BCUT2D eigenvalue weighted by Gasteiger charge is -2.33. The van der Waals surface area contributed by atoms with Crippen LogP contribution in [0.1, 0.15) is 6.42 Å². The number of hydrogen-bond donors (Lipinski definition) is 1. The van der Waals surface area contributed by atoms with Crippen molar-refractivity contribution in [3.8, 4) is 0 Å². The van der Waals surface area contributed by atoms with E-state index in [-0.39, 0.29) is 0 Å². The molecule has 1 rings (SSSR count). The summed E-state index contributed by atoms with van der Waals surface area (Å²) in [7, 11) is 0.